The maximum Gasteiger partial charge on any atom is 0.254 e. The van der Waals surface area contributed by atoms with Crippen molar-refractivity contribution in [3.63, 3.8) is 0 Å². The summed E-state index contributed by atoms with van der Waals surface area (Å²) in [6.45, 7) is 2.59. The fraction of sp³-hybridized carbons (Fsp3) is 0.467. The number of fused-ring (bicyclic) bond motifs is 1. The van der Waals surface area contributed by atoms with E-state index in [0.29, 0.717) is 19.4 Å². The van der Waals surface area contributed by atoms with Gasteiger partial charge in [0.25, 0.3) is 5.91 Å². The van der Waals surface area contributed by atoms with Gasteiger partial charge in [-0.15, -0.1) is 0 Å². The molecule has 1 aromatic carbocycles. The molecule has 5 nitrogen and oxygen atoms in total. The van der Waals surface area contributed by atoms with Crippen LogP contribution in [-0.2, 0) is 17.8 Å². The highest BCUT2D eigenvalue weighted by Gasteiger charge is 2.39. The second-order valence-corrected chi connectivity index (χ2v) is 5.35. The van der Waals surface area contributed by atoms with Gasteiger partial charge in [-0.2, -0.15) is 0 Å². The van der Waals surface area contributed by atoms with Gasteiger partial charge < -0.3 is 15.3 Å². The third-order valence-corrected chi connectivity index (χ3v) is 4.21. The molecule has 0 aliphatic carbocycles. The van der Waals surface area contributed by atoms with Crippen molar-refractivity contribution in [3.05, 3.63) is 34.9 Å². The van der Waals surface area contributed by atoms with Gasteiger partial charge in [-0.1, -0.05) is 19.1 Å². The lowest BCUT2D eigenvalue weighted by molar-refractivity contribution is -0.129. The monoisotopic (exact) mass is 274 g/mol. The van der Waals surface area contributed by atoms with Gasteiger partial charge in [0.15, 0.2) is 0 Å². The summed E-state index contributed by atoms with van der Waals surface area (Å²) in [6.07, 6.45) is 0.768. The fourth-order valence-corrected chi connectivity index (χ4v) is 3.11. The number of carbonyl (C=O) groups is 2. The van der Waals surface area contributed by atoms with E-state index in [4.69, 9.17) is 0 Å². The molecule has 2 heterocycles. The maximum absolute atomic E-state index is 12.5. The molecular formula is C15H18N2O3. The van der Waals surface area contributed by atoms with Crippen molar-refractivity contribution in [3.8, 4) is 0 Å². The van der Waals surface area contributed by atoms with E-state index in [-0.39, 0.29) is 17.9 Å². The molecule has 1 fully saturated rings. The molecule has 2 N–H and O–H groups in total. The highest BCUT2D eigenvalue weighted by atomic mass is 16.3. The minimum Gasteiger partial charge on any atom is -0.372 e. The molecule has 0 bridgehead atoms. The molecule has 5 heteroatoms. The number of aliphatic hydroxyl groups is 1. The van der Waals surface area contributed by atoms with Crippen LogP contribution in [0.1, 0.15) is 41.3 Å². The van der Waals surface area contributed by atoms with Crippen LogP contribution < -0.4 is 5.32 Å². The first-order chi connectivity index (χ1) is 9.61. The van der Waals surface area contributed by atoms with Crippen molar-refractivity contribution in [1.82, 2.24) is 10.2 Å². The number of amides is 2. The fourth-order valence-electron chi connectivity index (χ4n) is 3.11. The molecule has 0 aromatic heterocycles. The van der Waals surface area contributed by atoms with Gasteiger partial charge in [0.1, 0.15) is 6.23 Å². The van der Waals surface area contributed by atoms with E-state index < -0.39 is 6.23 Å². The zero-order valence-corrected chi connectivity index (χ0v) is 11.4. The summed E-state index contributed by atoms with van der Waals surface area (Å²) in [5.41, 5.74) is 2.96. The highest BCUT2D eigenvalue weighted by Crippen LogP contribution is 2.30. The number of hydrogen-bond acceptors (Lipinski definition) is 3. The number of hydrogen-bond donors (Lipinski definition) is 2. The lowest BCUT2D eigenvalue weighted by atomic mass is 10.0. The molecule has 2 atom stereocenters. The van der Waals surface area contributed by atoms with Gasteiger partial charge in [-0.25, -0.2) is 0 Å². The summed E-state index contributed by atoms with van der Waals surface area (Å²) >= 11 is 0. The normalized spacial score (nSPS) is 25.6. The van der Waals surface area contributed by atoms with Gasteiger partial charge in [0.05, 0.1) is 6.04 Å². The first-order valence-electron chi connectivity index (χ1n) is 7.01. The van der Waals surface area contributed by atoms with E-state index in [1.54, 1.807) is 4.90 Å². The molecule has 106 valence electrons. The molecule has 20 heavy (non-hydrogen) atoms. The zero-order valence-electron chi connectivity index (χ0n) is 11.4. The van der Waals surface area contributed by atoms with Crippen LogP contribution in [0, 0.1) is 0 Å². The summed E-state index contributed by atoms with van der Waals surface area (Å²) in [4.78, 5) is 25.4. The molecular weight excluding hydrogens is 256 g/mol. The molecule has 0 radical (unpaired) electrons. The summed E-state index contributed by atoms with van der Waals surface area (Å²) in [7, 11) is 0. The zero-order chi connectivity index (χ0) is 14.3. The largest absolute Gasteiger partial charge is 0.372 e. The van der Waals surface area contributed by atoms with Crippen LogP contribution in [-0.4, -0.2) is 34.1 Å². The van der Waals surface area contributed by atoms with Gasteiger partial charge in [-0.3, -0.25) is 9.59 Å². The molecule has 1 saturated heterocycles. The average molecular weight is 274 g/mol. The van der Waals surface area contributed by atoms with Crippen LogP contribution in [0.15, 0.2) is 18.2 Å². The molecule has 3 rings (SSSR count). The van der Waals surface area contributed by atoms with Gasteiger partial charge in [-0.05, 0) is 30.0 Å². The summed E-state index contributed by atoms with van der Waals surface area (Å²) in [5.74, 6) is -0.206. The summed E-state index contributed by atoms with van der Waals surface area (Å²) in [6, 6.07) is 5.44. The first-order valence-corrected chi connectivity index (χ1v) is 7.01. The van der Waals surface area contributed by atoms with Crippen molar-refractivity contribution < 1.29 is 14.7 Å². The lowest BCUT2D eigenvalue weighted by Crippen LogP contribution is -2.55. The number of aryl methyl sites for hydroxylation is 1. The van der Waals surface area contributed by atoms with E-state index >= 15 is 0 Å². The van der Waals surface area contributed by atoms with Gasteiger partial charge >= 0.3 is 0 Å². The second kappa shape index (κ2) is 4.90. The standard InChI is InChI=1S/C15H18N2O3/c1-2-9-4-3-5-10-11(9)8-17(15(10)20)12-6-7-13(18)16-14(12)19/h3-5,12,14,19H,2,6-8H2,1H3,(H,16,18). The third kappa shape index (κ3) is 1.98. The molecule has 2 aliphatic rings. The predicted molar refractivity (Wildman–Crippen MR) is 72.9 cm³/mol. The van der Waals surface area contributed by atoms with Crippen molar-refractivity contribution in [2.24, 2.45) is 0 Å². The van der Waals surface area contributed by atoms with E-state index in [9.17, 15) is 14.7 Å². The highest BCUT2D eigenvalue weighted by molar-refractivity contribution is 5.99. The van der Waals surface area contributed by atoms with Crippen LogP contribution in [0.4, 0.5) is 0 Å². The number of nitrogens with one attached hydrogen (secondary N) is 1. The van der Waals surface area contributed by atoms with E-state index in [1.165, 1.54) is 5.56 Å². The number of rotatable bonds is 2. The predicted octanol–water partition coefficient (Wildman–Crippen LogP) is 0.802. The second-order valence-electron chi connectivity index (χ2n) is 5.35. The third-order valence-electron chi connectivity index (χ3n) is 4.21. The Balaban J connectivity index is 1.88. The Hall–Kier alpha value is -1.88. The van der Waals surface area contributed by atoms with E-state index in [0.717, 1.165) is 17.5 Å². The number of piperidine rings is 1. The summed E-state index contributed by atoms with van der Waals surface area (Å²) in [5, 5.41) is 12.5. The topological polar surface area (TPSA) is 69.6 Å². The van der Waals surface area contributed by atoms with Crippen molar-refractivity contribution in [2.45, 2.75) is 45.0 Å². The SMILES string of the molecule is CCc1cccc2c1CN(C1CCC(=O)NC1O)C2=O. The molecule has 0 spiro atoms. The van der Waals surface area contributed by atoms with Crippen molar-refractivity contribution >= 4 is 11.8 Å². The van der Waals surface area contributed by atoms with Crippen molar-refractivity contribution in [1.29, 1.82) is 0 Å². The minimum absolute atomic E-state index is 0.0458. The smallest absolute Gasteiger partial charge is 0.254 e. The number of carbonyl (C=O) groups excluding carboxylic acids is 2. The van der Waals surface area contributed by atoms with Crippen LogP contribution in [0.25, 0.3) is 0 Å². The Morgan fingerprint density at radius 1 is 1.40 bits per heavy atom. The number of aliphatic hydroxyl groups excluding tert-OH is 1. The molecule has 2 aliphatic heterocycles. The van der Waals surface area contributed by atoms with Crippen LogP contribution in [0.3, 0.4) is 0 Å². The van der Waals surface area contributed by atoms with Crippen LogP contribution in [0.2, 0.25) is 0 Å². The van der Waals surface area contributed by atoms with E-state index in [2.05, 4.69) is 12.2 Å². The first kappa shape index (κ1) is 13.1. The Morgan fingerprint density at radius 3 is 2.90 bits per heavy atom. The molecule has 0 saturated carbocycles. The Bertz CT molecular complexity index is 570. The minimum atomic E-state index is -0.973. The quantitative estimate of drug-likeness (QED) is 0.838. The van der Waals surface area contributed by atoms with Gasteiger partial charge in [0.2, 0.25) is 5.91 Å². The maximum atomic E-state index is 12.5. The summed E-state index contributed by atoms with van der Waals surface area (Å²) < 4.78 is 0. The molecule has 2 amide bonds. The van der Waals surface area contributed by atoms with E-state index in [1.807, 2.05) is 18.2 Å². The number of nitrogens with zero attached hydrogens (tertiary/aromatic N) is 1. The molecule has 1 aromatic rings. The molecule has 2 unspecified atom stereocenters. The van der Waals surface area contributed by atoms with Crippen molar-refractivity contribution in [2.75, 3.05) is 0 Å². The number of benzene rings is 1. The van der Waals surface area contributed by atoms with Gasteiger partial charge in [0, 0.05) is 18.5 Å². The Kier molecular flexibility index (Phi) is 3.22. The Labute approximate surface area is 117 Å². The van der Waals surface area contributed by atoms with Crippen LogP contribution in [0.5, 0.6) is 0 Å². The lowest BCUT2D eigenvalue weighted by Gasteiger charge is -2.35. The Morgan fingerprint density at radius 2 is 2.20 bits per heavy atom. The van der Waals surface area contributed by atoms with Crippen LogP contribution >= 0.6 is 0 Å². The average Bonchev–Trinajstić information content (AvgIpc) is 2.76.